The van der Waals surface area contributed by atoms with Gasteiger partial charge in [0.25, 0.3) is 5.56 Å². The normalized spacial score (nSPS) is 10.8. The standard InChI is InChI=1S/C25H23N3O3/c1-17(2)30-25-19(13-9-15-26-25)21-16-23(29)28(3)27-24(21)20-12-7-8-14-22(20)31-18-10-5-4-6-11-18/h4-17H,1-3H3. The van der Waals surface area contributed by atoms with Gasteiger partial charge < -0.3 is 9.47 Å². The lowest BCUT2D eigenvalue weighted by Crippen LogP contribution is -2.20. The fraction of sp³-hybridized carbons (Fsp3) is 0.160. The summed E-state index contributed by atoms with van der Waals surface area (Å²) in [6.45, 7) is 3.87. The zero-order valence-corrected chi connectivity index (χ0v) is 17.6. The average molecular weight is 413 g/mol. The number of hydrogen-bond donors (Lipinski definition) is 0. The van der Waals surface area contributed by atoms with E-state index in [0.717, 1.165) is 5.56 Å². The van der Waals surface area contributed by atoms with Gasteiger partial charge in [-0.15, -0.1) is 0 Å². The number of aryl methyl sites for hydroxylation is 1. The molecule has 156 valence electrons. The van der Waals surface area contributed by atoms with Crippen LogP contribution < -0.4 is 15.0 Å². The summed E-state index contributed by atoms with van der Waals surface area (Å²) in [6, 6.07) is 22.4. The van der Waals surface area contributed by atoms with Crippen LogP contribution in [0.1, 0.15) is 13.8 Å². The van der Waals surface area contributed by atoms with Crippen LogP contribution in [0.3, 0.4) is 0 Å². The SMILES string of the molecule is CC(C)Oc1ncccc1-c1cc(=O)n(C)nc1-c1ccccc1Oc1ccccc1. The van der Waals surface area contributed by atoms with E-state index in [1.165, 1.54) is 4.68 Å². The summed E-state index contributed by atoms with van der Waals surface area (Å²) in [5.74, 6) is 1.80. The Morgan fingerprint density at radius 3 is 2.35 bits per heavy atom. The Bertz CT molecular complexity index is 1250. The van der Waals surface area contributed by atoms with E-state index >= 15 is 0 Å². The lowest BCUT2D eigenvalue weighted by molar-refractivity contribution is 0.234. The van der Waals surface area contributed by atoms with Gasteiger partial charge in [-0.05, 0) is 50.2 Å². The van der Waals surface area contributed by atoms with Gasteiger partial charge in [-0.3, -0.25) is 4.79 Å². The molecule has 0 unspecified atom stereocenters. The van der Waals surface area contributed by atoms with Crippen molar-refractivity contribution in [2.75, 3.05) is 0 Å². The molecule has 6 nitrogen and oxygen atoms in total. The minimum atomic E-state index is -0.223. The molecule has 0 radical (unpaired) electrons. The van der Waals surface area contributed by atoms with Crippen molar-refractivity contribution in [2.45, 2.75) is 20.0 Å². The predicted octanol–water partition coefficient (Wildman–Crippen LogP) is 5.09. The Balaban J connectivity index is 1.91. The number of hydrogen-bond acceptors (Lipinski definition) is 5. The van der Waals surface area contributed by atoms with Gasteiger partial charge in [0.2, 0.25) is 5.88 Å². The first-order valence-electron chi connectivity index (χ1n) is 10.1. The van der Waals surface area contributed by atoms with E-state index in [1.807, 2.05) is 80.6 Å². The van der Waals surface area contributed by atoms with E-state index in [9.17, 15) is 4.79 Å². The molecule has 0 saturated heterocycles. The van der Waals surface area contributed by atoms with Crippen LogP contribution in [-0.4, -0.2) is 20.9 Å². The van der Waals surface area contributed by atoms with Crippen LogP contribution >= 0.6 is 0 Å². The summed E-state index contributed by atoms with van der Waals surface area (Å²) < 4.78 is 13.4. The topological polar surface area (TPSA) is 66.2 Å². The average Bonchev–Trinajstić information content (AvgIpc) is 2.77. The van der Waals surface area contributed by atoms with Crippen molar-refractivity contribution < 1.29 is 9.47 Å². The third-order valence-electron chi connectivity index (χ3n) is 4.61. The lowest BCUT2D eigenvalue weighted by Gasteiger charge is -2.17. The van der Waals surface area contributed by atoms with E-state index in [1.54, 1.807) is 19.3 Å². The van der Waals surface area contributed by atoms with E-state index in [0.29, 0.717) is 34.2 Å². The maximum Gasteiger partial charge on any atom is 0.267 e. The van der Waals surface area contributed by atoms with Crippen molar-refractivity contribution in [1.29, 1.82) is 0 Å². The van der Waals surface area contributed by atoms with Gasteiger partial charge >= 0.3 is 0 Å². The molecule has 2 aromatic carbocycles. The minimum absolute atomic E-state index is 0.0645. The number of pyridine rings is 1. The highest BCUT2D eigenvalue weighted by molar-refractivity contribution is 5.85. The molecule has 0 saturated carbocycles. The second kappa shape index (κ2) is 8.83. The van der Waals surface area contributed by atoms with Crippen molar-refractivity contribution in [2.24, 2.45) is 7.05 Å². The monoisotopic (exact) mass is 413 g/mol. The molecule has 6 heteroatoms. The van der Waals surface area contributed by atoms with Crippen LogP contribution in [0.2, 0.25) is 0 Å². The van der Waals surface area contributed by atoms with E-state index < -0.39 is 0 Å². The zero-order valence-electron chi connectivity index (χ0n) is 17.6. The smallest absolute Gasteiger partial charge is 0.267 e. The Morgan fingerprint density at radius 1 is 0.871 bits per heavy atom. The maximum atomic E-state index is 12.5. The molecule has 0 N–H and O–H groups in total. The molecular formula is C25H23N3O3. The number of rotatable bonds is 6. The molecule has 0 spiro atoms. The fourth-order valence-electron chi connectivity index (χ4n) is 3.22. The third-order valence-corrected chi connectivity index (χ3v) is 4.61. The Hall–Kier alpha value is -3.93. The second-order valence-corrected chi connectivity index (χ2v) is 7.30. The molecule has 0 aliphatic carbocycles. The van der Waals surface area contributed by atoms with Crippen molar-refractivity contribution in [3.8, 4) is 39.8 Å². The Morgan fingerprint density at radius 2 is 1.58 bits per heavy atom. The number of aromatic nitrogens is 3. The van der Waals surface area contributed by atoms with Gasteiger partial charge in [0.15, 0.2) is 0 Å². The predicted molar refractivity (Wildman–Crippen MR) is 120 cm³/mol. The van der Waals surface area contributed by atoms with Gasteiger partial charge in [0.05, 0.1) is 6.10 Å². The van der Waals surface area contributed by atoms with E-state index in [2.05, 4.69) is 10.1 Å². The van der Waals surface area contributed by atoms with Crippen molar-refractivity contribution in [1.82, 2.24) is 14.8 Å². The summed E-state index contributed by atoms with van der Waals surface area (Å²) in [7, 11) is 1.63. The first kappa shape index (κ1) is 20.3. The molecule has 4 rings (SSSR count). The number of benzene rings is 2. The Kier molecular flexibility index (Phi) is 5.80. The van der Waals surface area contributed by atoms with Gasteiger partial charge in [0.1, 0.15) is 17.2 Å². The first-order valence-corrected chi connectivity index (χ1v) is 10.1. The van der Waals surface area contributed by atoms with E-state index in [-0.39, 0.29) is 11.7 Å². The number of ether oxygens (including phenoxy) is 2. The summed E-state index contributed by atoms with van der Waals surface area (Å²) in [5.41, 5.74) is 2.48. The Labute approximate surface area is 180 Å². The second-order valence-electron chi connectivity index (χ2n) is 7.30. The minimum Gasteiger partial charge on any atom is -0.475 e. The molecule has 4 aromatic rings. The third kappa shape index (κ3) is 4.48. The van der Waals surface area contributed by atoms with Crippen LogP contribution in [0, 0.1) is 0 Å². The van der Waals surface area contributed by atoms with Crippen LogP contribution in [0.15, 0.2) is 83.8 Å². The van der Waals surface area contributed by atoms with Gasteiger partial charge in [-0.2, -0.15) is 5.10 Å². The molecule has 0 fully saturated rings. The fourth-order valence-corrected chi connectivity index (χ4v) is 3.22. The number of para-hydroxylation sites is 2. The molecule has 0 aliphatic rings. The van der Waals surface area contributed by atoms with Crippen molar-refractivity contribution >= 4 is 0 Å². The summed E-state index contributed by atoms with van der Waals surface area (Å²) >= 11 is 0. The summed E-state index contributed by atoms with van der Waals surface area (Å²) in [5, 5.41) is 4.58. The summed E-state index contributed by atoms with van der Waals surface area (Å²) in [4.78, 5) is 16.9. The molecule has 2 heterocycles. The molecule has 0 aliphatic heterocycles. The highest BCUT2D eigenvalue weighted by Crippen LogP contribution is 2.39. The van der Waals surface area contributed by atoms with Crippen LogP contribution in [0.4, 0.5) is 0 Å². The van der Waals surface area contributed by atoms with E-state index in [4.69, 9.17) is 9.47 Å². The van der Waals surface area contributed by atoms with Gasteiger partial charge in [0, 0.05) is 36.0 Å². The van der Waals surface area contributed by atoms with Crippen LogP contribution in [0.5, 0.6) is 17.4 Å². The highest BCUT2D eigenvalue weighted by atomic mass is 16.5. The molecular weight excluding hydrogens is 390 g/mol. The quantitative estimate of drug-likeness (QED) is 0.441. The first-order chi connectivity index (χ1) is 15.0. The lowest BCUT2D eigenvalue weighted by atomic mass is 10.00. The van der Waals surface area contributed by atoms with Crippen molar-refractivity contribution in [3.63, 3.8) is 0 Å². The zero-order chi connectivity index (χ0) is 21.8. The molecule has 0 atom stereocenters. The van der Waals surface area contributed by atoms with Crippen LogP contribution in [-0.2, 0) is 7.05 Å². The molecule has 2 aromatic heterocycles. The highest BCUT2D eigenvalue weighted by Gasteiger charge is 2.20. The van der Waals surface area contributed by atoms with Gasteiger partial charge in [-0.1, -0.05) is 30.3 Å². The largest absolute Gasteiger partial charge is 0.475 e. The maximum absolute atomic E-state index is 12.5. The number of nitrogens with zero attached hydrogens (tertiary/aromatic N) is 3. The van der Waals surface area contributed by atoms with Crippen molar-refractivity contribution in [3.05, 3.63) is 89.3 Å². The van der Waals surface area contributed by atoms with Crippen LogP contribution in [0.25, 0.3) is 22.4 Å². The molecule has 0 amide bonds. The molecule has 31 heavy (non-hydrogen) atoms. The summed E-state index contributed by atoms with van der Waals surface area (Å²) in [6.07, 6.45) is 1.60. The molecule has 0 bridgehead atoms. The van der Waals surface area contributed by atoms with Gasteiger partial charge in [-0.25, -0.2) is 9.67 Å².